The number of nitrogens with zero attached hydrogens (tertiary/aromatic N) is 2. The summed E-state index contributed by atoms with van der Waals surface area (Å²) in [4.78, 5) is 4.51. The number of aryl methyl sites for hydroxylation is 1. The van der Waals surface area contributed by atoms with Crippen molar-refractivity contribution in [3.8, 4) is 0 Å². The quantitative estimate of drug-likeness (QED) is 0.807. The van der Waals surface area contributed by atoms with Gasteiger partial charge in [-0.25, -0.2) is 9.37 Å². The van der Waals surface area contributed by atoms with Gasteiger partial charge in [0.25, 0.3) is 0 Å². The number of ether oxygens (including phenoxy) is 1. The lowest BCUT2D eigenvalue weighted by Gasteiger charge is -2.24. The molecule has 20 heavy (non-hydrogen) atoms. The Balaban J connectivity index is 1.95. The van der Waals surface area contributed by atoms with Crippen molar-refractivity contribution in [2.24, 2.45) is 0 Å². The van der Waals surface area contributed by atoms with E-state index >= 15 is 0 Å². The standard InChI is InChI=1S/C15H18ClFN2O/c16-7-6-15-18-13-9-11(17)4-5-14(13)19(15)10-12-3-1-2-8-20-12/h4-5,9,12H,1-3,6-8,10H2. The maximum atomic E-state index is 13.3. The van der Waals surface area contributed by atoms with Gasteiger partial charge in [-0.2, -0.15) is 0 Å². The smallest absolute Gasteiger partial charge is 0.125 e. The van der Waals surface area contributed by atoms with Gasteiger partial charge >= 0.3 is 0 Å². The van der Waals surface area contributed by atoms with E-state index in [2.05, 4.69) is 9.55 Å². The topological polar surface area (TPSA) is 27.1 Å². The first-order valence-corrected chi connectivity index (χ1v) is 7.63. The molecule has 2 heterocycles. The predicted molar refractivity (Wildman–Crippen MR) is 77.7 cm³/mol. The Kier molecular flexibility index (Phi) is 4.22. The fourth-order valence-corrected chi connectivity index (χ4v) is 2.96. The molecule has 0 spiro atoms. The molecular formula is C15H18ClFN2O. The average molecular weight is 297 g/mol. The van der Waals surface area contributed by atoms with Crippen molar-refractivity contribution in [2.75, 3.05) is 12.5 Å². The first kappa shape index (κ1) is 13.8. The van der Waals surface area contributed by atoms with Crippen LogP contribution in [0.5, 0.6) is 0 Å². The fraction of sp³-hybridized carbons (Fsp3) is 0.533. The first-order chi connectivity index (χ1) is 9.78. The lowest BCUT2D eigenvalue weighted by Crippen LogP contribution is -2.25. The van der Waals surface area contributed by atoms with Crippen molar-refractivity contribution < 1.29 is 9.13 Å². The largest absolute Gasteiger partial charge is 0.376 e. The van der Waals surface area contributed by atoms with Crippen LogP contribution in [0.2, 0.25) is 0 Å². The maximum absolute atomic E-state index is 13.3. The molecule has 108 valence electrons. The molecule has 5 heteroatoms. The van der Waals surface area contributed by atoms with Crippen molar-refractivity contribution in [2.45, 2.75) is 38.3 Å². The summed E-state index contributed by atoms with van der Waals surface area (Å²) in [5.74, 6) is 1.17. The van der Waals surface area contributed by atoms with Gasteiger partial charge in [0.15, 0.2) is 0 Å². The van der Waals surface area contributed by atoms with E-state index in [0.29, 0.717) is 17.8 Å². The Labute approximate surface area is 122 Å². The van der Waals surface area contributed by atoms with Crippen LogP contribution in [0.25, 0.3) is 11.0 Å². The zero-order chi connectivity index (χ0) is 13.9. The molecule has 1 saturated heterocycles. The lowest BCUT2D eigenvalue weighted by molar-refractivity contribution is 0.00621. The Morgan fingerprint density at radius 2 is 2.30 bits per heavy atom. The van der Waals surface area contributed by atoms with Gasteiger partial charge in [-0.15, -0.1) is 11.6 Å². The SMILES string of the molecule is Fc1ccc2c(c1)nc(CCCl)n2CC1CCCCO1. The fourth-order valence-electron chi connectivity index (χ4n) is 2.79. The number of imidazole rings is 1. The van der Waals surface area contributed by atoms with Crippen LogP contribution in [0.3, 0.4) is 0 Å². The minimum atomic E-state index is -0.256. The summed E-state index contributed by atoms with van der Waals surface area (Å²) in [5.41, 5.74) is 1.65. The first-order valence-electron chi connectivity index (χ1n) is 7.10. The second-order valence-corrected chi connectivity index (χ2v) is 5.58. The van der Waals surface area contributed by atoms with E-state index in [1.807, 2.05) is 0 Å². The summed E-state index contributed by atoms with van der Waals surface area (Å²) in [7, 11) is 0. The van der Waals surface area contributed by atoms with E-state index < -0.39 is 0 Å². The maximum Gasteiger partial charge on any atom is 0.125 e. The van der Waals surface area contributed by atoms with E-state index in [4.69, 9.17) is 16.3 Å². The zero-order valence-electron chi connectivity index (χ0n) is 11.3. The predicted octanol–water partition coefficient (Wildman–Crippen LogP) is 3.53. The number of rotatable bonds is 4. The van der Waals surface area contributed by atoms with Gasteiger partial charge in [0, 0.05) is 25.0 Å². The van der Waals surface area contributed by atoms with Crippen molar-refractivity contribution in [3.05, 3.63) is 29.8 Å². The molecule has 1 aromatic heterocycles. The molecule has 1 aliphatic heterocycles. The Morgan fingerprint density at radius 1 is 1.40 bits per heavy atom. The third-order valence-electron chi connectivity index (χ3n) is 3.77. The van der Waals surface area contributed by atoms with Crippen LogP contribution in [0, 0.1) is 5.82 Å². The lowest BCUT2D eigenvalue weighted by atomic mass is 10.1. The Bertz CT molecular complexity index is 593. The molecule has 2 aromatic rings. The minimum Gasteiger partial charge on any atom is -0.376 e. The van der Waals surface area contributed by atoms with Crippen molar-refractivity contribution in [3.63, 3.8) is 0 Å². The van der Waals surface area contributed by atoms with Crippen LogP contribution in [-0.4, -0.2) is 28.1 Å². The highest BCUT2D eigenvalue weighted by Gasteiger charge is 2.18. The summed E-state index contributed by atoms with van der Waals surface area (Å²) < 4.78 is 21.3. The average Bonchev–Trinajstić information content (AvgIpc) is 2.77. The molecule has 0 aliphatic carbocycles. The molecule has 1 aliphatic rings. The number of aromatic nitrogens is 2. The van der Waals surface area contributed by atoms with Crippen molar-refractivity contribution >= 4 is 22.6 Å². The van der Waals surface area contributed by atoms with Gasteiger partial charge in [0.2, 0.25) is 0 Å². The van der Waals surface area contributed by atoms with E-state index in [0.717, 1.165) is 37.3 Å². The van der Waals surface area contributed by atoms with Crippen LogP contribution < -0.4 is 0 Å². The highest BCUT2D eigenvalue weighted by molar-refractivity contribution is 6.17. The molecule has 1 unspecified atom stereocenters. The normalized spacial score (nSPS) is 19.6. The number of halogens is 2. The van der Waals surface area contributed by atoms with Gasteiger partial charge in [-0.05, 0) is 31.4 Å². The molecule has 0 saturated carbocycles. The number of hydrogen-bond donors (Lipinski definition) is 0. The molecule has 1 aromatic carbocycles. The summed E-state index contributed by atoms with van der Waals surface area (Å²) in [5, 5.41) is 0. The van der Waals surface area contributed by atoms with Crippen LogP contribution in [-0.2, 0) is 17.7 Å². The summed E-state index contributed by atoms with van der Waals surface area (Å²) >= 11 is 5.85. The van der Waals surface area contributed by atoms with Gasteiger partial charge < -0.3 is 9.30 Å². The van der Waals surface area contributed by atoms with Gasteiger partial charge in [-0.3, -0.25) is 0 Å². The number of fused-ring (bicyclic) bond motifs is 1. The molecule has 3 rings (SSSR count). The Morgan fingerprint density at radius 3 is 3.05 bits per heavy atom. The zero-order valence-corrected chi connectivity index (χ0v) is 12.1. The van der Waals surface area contributed by atoms with Crippen molar-refractivity contribution in [1.29, 1.82) is 0 Å². The van der Waals surface area contributed by atoms with Crippen LogP contribution in [0.4, 0.5) is 4.39 Å². The minimum absolute atomic E-state index is 0.222. The van der Waals surface area contributed by atoms with Gasteiger partial charge in [-0.1, -0.05) is 0 Å². The monoisotopic (exact) mass is 296 g/mol. The number of benzene rings is 1. The second-order valence-electron chi connectivity index (χ2n) is 5.20. The number of hydrogen-bond acceptors (Lipinski definition) is 2. The summed E-state index contributed by atoms with van der Waals surface area (Å²) in [6.45, 7) is 1.60. The molecular weight excluding hydrogens is 279 g/mol. The summed E-state index contributed by atoms with van der Waals surface area (Å²) in [6, 6.07) is 4.75. The van der Waals surface area contributed by atoms with Gasteiger partial charge in [0.1, 0.15) is 11.6 Å². The molecule has 3 nitrogen and oxygen atoms in total. The third-order valence-corrected chi connectivity index (χ3v) is 3.96. The highest BCUT2D eigenvalue weighted by Crippen LogP contribution is 2.22. The molecule has 1 atom stereocenters. The van der Waals surface area contributed by atoms with E-state index in [-0.39, 0.29) is 11.9 Å². The van der Waals surface area contributed by atoms with E-state index in [1.165, 1.54) is 18.6 Å². The van der Waals surface area contributed by atoms with Crippen LogP contribution in [0.1, 0.15) is 25.1 Å². The van der Waals surface area contributed by atoms with Crippen molar-refractivity contribution in [1.82, 2.24) is 9.55 Å². The van der Waals surface area contributed by atoms with Crippen LogP contribution in [0.15, 0.2) is 18.2 Å². The highest BCUT2D eigenvalue weighted by atomic mass is 35.5. The Hall–Kier alpha value is -1.13. The molecule has 0 amide bonds. The molecule has 0 bridgehead atoms. The molecule has 0 radical (unpaired) electrons. The summed E-state index contributed by atoms with van der Waals surface area (Å²) in [6.07, 6.45) is 4.32. The molecule has 1 fully saturated rings. The van der Waals surface area contributed by atoms with Gasteiger partial charge in [0.05, 0.1) is 23.7 Å². The van der Waals surface area contributed by atoms with E-state index in [9.17, 15) is 4.39 Å². The molecule has 0 N–H and O–H groups in total. The number of alkyl halides is 1. The second kappa shape index (κ2) is 6.10. The van der Waals surface area contributed by atoms with Crippen LogP contribution >= 0.6 is 11.6 Å². The third kappa shape index (κ3) is 2.81. The van der Waals surface area contributed by atoms with E-state index in [1.54, 1.807) is 6.07 Å².